The number of benzene rings is 1. The fourth-order valence-corrected chi connectivity index (χ4v) is 2.86. The maximum Gasteiger partial charge on any atom is 0.281 e. The number of imidazole rings is 1. The summed E-state index contributed by atoms with van der Waals surface area (Å²) in [6.45, 7) is 0. The van der Waals surface area contributed by atoms with E-state index in [1.165, 1.54) is 22.6 Å². The number of rotatable bonds is 4. The monoisotopic (exact) mass is 325 g/mol. The third kappa shape index (κ3) is 2.50. The van der Waals surface area contributed by atoms with Crippen molar-refractivity contribution in [3.63, 3.8) is 0 Å². The van der Waals surface area contributed by atoms with Gasteiger partial charge in [0.15, 0.2) is 10.8 Å². The van der Waals surface area contributed by atoms with Crippen LogP contribution in [0.3, 0.4) is 0 Å². The van der Waals surface area contributed by atoms with Crippen molar-refractivity contribution in [3.05, 3.63) is 59.3 Å². The van der Waals surface area contributed by atoms with Crippen LogP contribution in [0.2, 0.25) is 0 Å². The molecular formula is C14H11N7OS. The Bertz CT molecular complexity index is 991. The molecular weight excluding hydrogens is 314 g/mol. The van der Waals surface area contributed by atoms with Crippen LogP contribution in [-0.2, 0) is 5.88 Å². The smallest absolute Gasteiger partial charge is 0.281 e. The first-order valence-electron chi connectivity index (χ1n) is 6.82. The Labute approximate surface area is 134 Å². The van der Waals surface area contributed by atoms with E-state index in [2.05, 4.69) is 25.4 Å². The highest BCUT2D eigenvalue weighted by molar-refractivity contribution is 7.98. The zero-order valence-corrected chi connectivity index (χ0v) is 12.6. The van der Waals surface area contributed by atoms with Gasteiger partial charge in [-0.3, -0.25) is 4.79 Å². The van der Waals surface area contributed by atoms with Crippen LogP contribution in [0, 0.1) is 0 Å². The van der Waals surface area contributed by atoms with Gasteiger partial charge < -0.3 is 4.98 Å². The van der Waals surface area contributed by atoms with Crippen molar-refractivity contribution in [1.29, 1.82) is 0 Å². The van der Waals surface area contributed by atoms with Gasteiger partial charge in [0.25, 0.3) is 5.56 Å². The van der Waals surface area contributed by atoms with E-state index in [4.69, 9.17) is 0 Å². The molecule has 114 valence electrons. The standard InChI is InChI=1S/C14H11N7OS/c22-13-11-8-17-21(10-4-2-1-3-5-10)12(11)18-19-20(13)9-23-14-15-6-7-16-14/h1-8H,9H2,(H,15,16). The lowest BCUT2D eigenvalue weighted by Gasteiger charge is -2.03. The number of hydrogen-bond acceptors (Lipinski definition) is 6. The van der Waals surface area contributed by atoms with Crippen LogP contribution in [0.1, 0.15) is 0 Å². The van der Waals surface area contributed by atoms with Crippen molar-refractivity contribution in [2.24, 2.45) is 0 Å². The molecule has 0 amide bonds. The van der Waals surface area contributed by atoms with Gasteiger partial charge in [-0.05, 0) is 12.1 Å². The molecule has 0 atom stereocenters. The summed E-state index contributed by atoms with van der Waals surface area (Å²) in [5.41, 5.74) is 1.05. The van der Waals surface area contributed by atoms with E-state index in [0.29, 0.717) is 16.9 Å². The van der Waals surface area contributed by atoms with Crippen molar-refractivity contribution in [1.82, 2.24) is 34.7 Å². The van der Waals surface area contributed by atoms with Gasteiger partial charge in [0, 0.05) is 12.4 Å². The second-order valence-electron chi connectivity index (χ2n) is 4.69. The average Bonchev–Trinajstić information content (AvgIpc) is 3.25. The summed E-state index contributed by atoms with van der Waals surface area (Å²) in [6, 6.07) is 9.51. The molecule has 9 heteroatoms. The van der Waals surface area contributed by atoms with Crippen LogP contribution < -0.4 is 5.56 Å². The molecule has 0 saturated carbocycles. The molecule has 23 heavy (non-hydrogen) atoms. The quantitative estimate of drug-likeness (QED) is 0.571. The largest absolute Gasteiger partial charge is 0.340 e. The highest BCUT2D eigenvalue weighted by atomic mass is 32.2. The molecule has 0 saturated heterocycles. The molecule has 1 aromatic carbocycles. The zero-order chi connectivity index (χ0) is 15.6. The zero-order valence-electron chi connectivity index (χ0n) is 11.8. The highest BCUT2D eigenvalue weighted by Crippen LogP contribution is 2.15. The van der Waals surface area contributed by atoms with Crippen molar-refractivity contribution in [3.8, 4) is 5.69 Å². The van der Waals surface area contributed by atoms with E-state index in [0.717, 1.165) is 10.8 Å². The van der Waals surface area contributed by atoms with E-state index < -0.39 is 0 Å². The number of aromatic nitrogens is 7. The van der Waals surface area contributed by atoms with Gasteiger partial charge >= 0.3 is 0 Å². The number of hydrogen-bond donors (Lipinski definition) is 1. The van der Waals surface area contributed by atoms with Crippen LogP contribution in [0.4, 0.5) is 0 Å². The number of thioether (sulfide) groups is 1. The normalized spacial score (nSPS) is 11.1. The van der Waals surface area contributed by atoms with Gasteiger partial charge in [-0.1, -0.05) is 35.2 Å². The summed E-state index contributed by atoms with van der Waals surface area (Å²) in [5.74, 6) is 0.325. The molecule has 8 nitrogen and oxygen atoms in total. The van der Waals surface area contributed by atoms with Crippen molar-refractivity contribution in [2.75, 3.05) is 0 Å². The first-order valence-corrected chi connectivity index (χ1v) is 7.80. The third-order valence-corrected chi connectivity index (χ3v) is 4.12. The molecule has 0 aliphatic heterocycles. The summed E-state index contributed by atoms with van der Waals surface area (Å²) < 4.78 is 2.90. The lowest BCUT2D eigenvalue weighted by Crippen LogP contribution is -2.23. The Morgan fingerprint density at radius 3 is 2.87 bits per heavy atom. The average molecular weight is 325 g/mol. The number of para-hydroxylation sites is 1. The van der Waals surface area contributed by atoms with Gasteiger partial charge in [0.1, 0.15) is 5.39 Å². The third-order valence-electron chi connectivity index (χ3n) is 3.25. The summed E-state index contributed by atoms with van der Waals surface area (Å²) in [5, 5.41) is 13.6. The van der Waals surface area contributed by atoms with Crippen LogP contribution in [-0.4, -0.2) is 34.7 Å². The number of fused-ring (bicyclic) bond motifs is 1. The van der Waals surface area contributed by atoms with Crippen LogP contribution in [0.5, 0.6) is 0 Å². The highest BCUT2D eigenvalue weighted by Gasteiger charge is 2.12. The second-order valence-corrected chi connectivity index (χ2v) is 5.62. The molecule has 0 fully saturated rings. The molecule has 3 aromatic heterocycles. The van der Waals surface area contributed by atoms with Gasteiger partial charge in [0.2, 0.25) is 0 Å². The van der Waals surface area contributed by atoms with Crippen molar-refractivity contribution >= 4 is 22.8 Å². The Morgan fingerprint density at radius 1 is 1.22 bits per heavy atom. The lowest BCUT2D eigenvalue weighted by molar-refractivity contribution is 0.639. The summed E-state index contributed by atoms with van der Waals surface area (Å²) in [4.78, 5) is 19.6. The Balaban J connectivity index is 1.71. The fraction of sp³-hybridized carbons (Fsp3) is 0.0714. The van der Waals surface area contributed by atoms with E-state index in [9.17, 15) is 4.79 Å². The Hall–Kier alpha value is -2.94. The van der Waals surface area contributed by atoms with Crippen molar-refractivity contribution in [2.45, 2.75) is 11.0 Å². The molecule has 0 unspecified atom stereocenters. The van der Waals surface area contributed by atoms with E-state index in [-0.39, 0.29) is 5.56 Å². The SMILES string of the molecule is O=c1c2cnn(-c3ccccc3)c2nnn1CSc1ncc[nH]1. The molecule has 1 N–H and O–H groups in total. The molecule has 0 aliphatic rings. The molecule has 3 heterocycles. The van der Waals surface area contributed by atoms with Crippen molar-refractivity contribution < 1.29 is 0 Å². The first-order chi connectivity index (χ1) is 11.3. The molecule has 0 aliphatic carbocycles. The minimum absolute atomic E-state index is 0.226. The maximum absolute atomic E-state index is 12.5. The lowest BCUT2D eigenvalue weighted by atomic mass is 10.3. The number of aromatic amines is 1. The topological polar surface area (TPSA) is 94.3 Å². The number of nitrogens with one attached hydrogen (secondary N) is 1. The van der Waals surface area contributed by atoms with Crippen LogP contribution in [0.25, 0.3) is 16.7 Å². The van der Waals surface area contributed by atoms with Crippen LogP contribution >= 0.6 is 11.8 Å². The molecule has 0 radical (unpaired) electrons. The van der Waals surface area contributed by atoms with Crippen LogP contribution in [0.15, 0.2) is 58.9 Å². The number of H-pyrrole nitrogens is 1. The summed E-state index contributed by atoms with van der Waals surface area (Å²) in [7, 11) is 0. The molecule has 0 spiro atoms. The second kappa shape index (κ2) is 5.69. The molecule has 4 rings (SSSR count). The van der Waals surface area contributed by atoms with Gasteiger partial charge in [-0.2, -0.15) is 9.78 Å². The predicted octanol–water partition coefficient (Wildman–Crippen LogP) is 1.45. The van der Waals surface area contributed by atoms with Gasteiger partial charge in [-0.25, -0.2) is 9.67 Å². The maximum atomic E-state index is 12.5. The van der Waals surface area contributed by atoms with Gasteiger partial charge in [0.05, 0.1) is 17.8 Å². The van der Waals surface area contributed by atoms with Gasteiger partial charge in [-0.15, -0.1) is 5.10 Å². The summed E-state index contributed by atoms with van der Waals surface area (Å²) in [6.07, 6.45) is 4.90. The Morgan fingerprint density at radius 2 is 2.09 bits per heavy atom. The minimum atomic E-state index is -0.226. The summed E-state index contributed by atoms with van der Waals surface area (Å²) >= 11 is 1.37. The predicted molar refractivity (Wildman–Crippen MR) is 85.4 cm³/mol. The van der Waals surface area contributed by atoms with E-state index in [1.54, 1.807) is 17.1 Å². The molecule has 4 aromatic rings. The molecule has 0 bridgehead atoms. The fourth-order valence-electron chi connectivity index (χ4n) is 2.16. The van der Waals surface area contributed by atoms with E-state index >= 15 is 0 Å². The minimum Gasteiger partial charge on any atom is -0.340 e. The Kier molecular flexibility index (Phi) is 3.39. The van der Waals surface area contributed by atoms with E-state index in [1.807, 2.05) is 30.3 Å². The first kappa shape index (κ1) is 13.7. The number of nitrogens with zero attached hydrogens (tertiary/aromatic N) is 6.